The van der Waals surface area contributed by atoms with Crippen molar-refractivity contribution in [2.24, 2.45) is 5.92 Å². The normalized spacial score (nSPS) is 21.6. The van der Waals surface area contributed by atoms with Gasteiger partial charge in [-0.3, -0.25) is 9.59 Å². The van der Waals surface area contributed by atoms with Gasteiger partial charge >= 0.3 is 5.97 Å². The second-order valence-corrected chi connectivity index (χ2v) is 5.83. The van der Waals surface area contributed by atoms with Crippen molar-refractivity contribution in [2.45, 2.75) is 38.1 Å². The Morgan fingerprint density at radius 3 is 2.73 bits per heavy atom. The Balaban J connectivity index is 1.53. The van der Waals surface area contributed by atoms with Crippen LogP contribution in [0.1, 0.15) is 31.4 Å². The molecule has 0 bridgehead atoms. The summed E-state index contributed by atoms with van der Waals surface area (Å²) in [4.78, 5) is 27.4. The summed E-state index contributed by atoms with van der Waals surface area (Å²) in [6.07, 6.45) is 6.73. The molecule has 6 nitrogen and oxygen atoms in total. The largest absolute Gasteiger partial charge is 0.481 e. The molecule has 0 unspecified atom stereocenters. The summed E-state index contributed by atoms with van der Waals surface area (Å²) in [5, 5.41) is 12.0. The Morgan fingerprint density at radius 2 is 2.05 bits per heavy atom. The molecule has 2 aromatic rings. The number of carboxylic acids is 1. The molecule has 0 saturated heterocycles. The molecule has 2 heterocycles. The molecule has 116 valence electrons. The number of rotatable bonds is 4. The lowest BCUT2D eigenvalue weighted by molar-refractivity contribution is -0.142. The van der Waals surface area contributed by atoms with Crippen molar-refractivity contribution in [2.75, 3.05) is 0 Å². The first-order valence-electron chi connectivity index (χ1n) is 7.56. The number of nitrogens with zero attached hydrogens (tertiary/aromatic N) is 2. The van der Waals surface area contributed by atoms with Crippen molar-refractivity contribution in [3.05, 3.63) is 36.3 Å². The van der Waals surface area contributed by atoms with Crippen LogP contribution in [0, 0.1) is 5.92 Å². The van der Waals surface area contributed by atoms with Crippen LogP contribution in [0.2, 0.25) is 0 Å². The number of carboxylic acid groups (broad SMARTS) is 1. The topological polar surface area (TPSA) is 83.7 Å². The van der Waals surface area contributed by atoms with E-state index < -0.39 is 5.97 Å². The van der Waals surface area contributed by atoms with Crippen molar-refractivity contribution in [3.63, 3.8) is 0 Å². The molecule has 1 aliphatic rings. The van der Waals surface area contributed by atoms with E-state index in [0.717, 1.165) is 24.2 Å². The van der Waals surface area contributed by atoms with Gasteiger partial charge in [-0.2, -0.15) is 0 Å². The average Bonchev–Trinajstić information content (AvgIpc) is 2.89. The van der Waals surface area contributed by atoms with Gasteiger partial charge in [0.2, 0.25) is 5.91 Å². The molecule has 1 fully saturated rings. The summed E-state index contributed by atoms with van der Waals surface area (Å²) in [6, 6.07) is 5.81. The zero-order chi connectivity index (χ0) is 15.5. The summed E-state index contributed by atoms with van der Waals surface area (Å²) in [5.41, 5.74) is 1.56. The molecule has 0 spiro atoms. The van der Waals surface area contributed by atoms with E-state index in [2.05, 4.69) is 10.3 Å². The van der Waals surface area contributed by atoms with Crippen molar-refractivity contribution >= 4 is 17.5 Å². The van der Waals surface area contributed by atoms with Crippen LogP contribution in [-0.2, 0) is 16.0 Å². The molecule has 3 rings (SSSR count). The maximum absolute atomic E-state index is 12.1. The second kappa shape index (κ2) is 6.17. The lowest BCUT2D eigenvalue weighted by Gasteiger charge is -2.26. The van der Waals surface area contributed by atoms with E-state index in [-0.39, 0.29) is 24.3 Å². The zero-order valence-electron chi connectivity index (χ0n) is 12.2. The van der Waals surface area contributed by atoms with E-state index >= 15 is 0 Å². The number of imidazole rings is 1. The Morgan fingerprint density at radius 1 is 1.27 bits per heavy atom. The first kappa shape index (κ1) is 14.6. The van der Waals surface area contributed by atoms with Gasteiger partial charge < -0.3 is 14.8 Å². The van der Waals surface area contributed by atoms with Crippen molar-refractivity contribution < 1.29 is 14.7 Å². The molecular formula is C16H19N3O3. The molecule has 0 atom stereocenters. The number of hydrogen-bond donors (Lipinski definition) is 2. The van der Waals surface area contributed by atoms with Gasteiger partial charge in [0.1, 0.15) is 5.65 Å². The van der Waals surface area contributed by atoms with Gasteiger partial charge in [0.05, 0.1) is 18.0 Å². The lowest BCUT2D eigenvalue weighted by Crippen LogP contribution is -2.39. The third-order valence-electron chi connectivity index (χ3n) is 4.20. The third-order valence-corrected chi connectivity index (χ3v) is 4.20. The van der Waals surface area contributed by atoms with E-state index in [1.165, 1.54) is 0 Å². The molecular weight excluding hydrogens is 282 g/mol. The fourth-order valence-corrected chi connectivity index (χ4v) is 3.00. The minimum Gasteiger partial charge on any atom is -0.481 e. The number of pyridine rings is 1. The van der Waals surface area contributed by atoms with E-state index in [1.807, 2.05) is 35.0 Å². The van der Waals surface area contributed by atoms with E-state index in [9.17, 15) is 9.59 Å². The highest BCUT2D eigenvalue weighted by molar-refractivity contribution is 5.78. The SMILES string of the molecule is O=C(Cc1cn2ccccc2n1)NC1CCC(C(=O)O)CC1. The van der Waals surface area contributed by atoms with Crippen LogP contribution in [0.25, 0.3) is 5.65 Å². The maximum Gasteiger partial charge on any atom is 0.306 e. The number of aromatic nitrogens is 2. The van der Waals surface area contributed by atoms with E-state index in [0.29, 0.717) is 12.8 Å². The van der Waals surface area contributed by atoms with Gasteiger partial charge in [0.15, 0.2) is 0 Å². The fraction of sp³-hybridized carbons (Fsp3) is 0.438. The molecule has 0 radical (unpaired) electrons. The van der Waals surface area contributed by atoms with Crippen LogP contribution in [0.4, 0.5) is 0 Å². The number of carbonyl (C=O) groups excluding carboxylic acids is 1. The molecule has 1 amide bonds. The molecule has 6 heteroatoms. The summed E-state index contributed by atoms with van der Waals surface area (Å²) >= 11 is 0. The molecule has 1 saturated carbocycles. The Labute approximate surface area is 128 Å². The first-order valence-corrected chi connectivity index (χ1v) is 7.56. The van der Waals surface area contributed by atoms with Gasteiger partial charge in [-0.25, -0.2) is 4.98 Å². The van der Waals surface area contributed by atoms with Gasteiger partial charge in [-0.05, 0) is 37.8 Å². The quantitative estimate of drug-likeness (QED) is 0.899. The first-order chi connectivity index (χ1) is 10.6. The predicted molar refractivity (Wildman–Crippen MR) is 80.4 cm³/mol. The molecule has 22 heavy (non-hydrogen) atoms. The molecule has 2 N–H and O–H groups in total. The van der Waals surface area contributed by atoms with Crippen LogP contribution < -0.4 is 5.32 Å². The van der Waals surface area contributed by atoms with Crippen LogP contribution in [0.15, 0.2) is 30.6 Å². The van der Waals surface area contributed by atoms with Gasteiger partial charge in [-0.15, -0.1) is 0 Å². The minimum absolute atomic E-state index is 0.0535. The van der Waals surface area contributed by atoms with Gasteiger partial charge in [0, 0.05) is 18.4 Å². The summed E-state index contributed by atoms with van der Waals surface area (Å²) in [6.45, 7) is 0. The maximum atomic E-state index is 12.1. The van der Waals surface area contributed by atoms with Crippen molar-refractivity contribution in [3.8, 4) is 0 Å². The number of nitrogens with one attached hydrogen (secondary N) is 1. The Kier molecular flexibility index (Phi) is 4.09. The number of carbonyl (C=O) groups is 2. The fourth-order valence-electron chi connectivity index (χ4n) is 3.00. The third kappa shape index (κ3) is 3.27. The van der Waals surface area contributed by atoms with Crippen LogP contribution in [0.5, 0.6) is 0 Å². The molecule has 0 aromatic carbocycles. The van der Waals surface area contributed by atoms with Crippen molar-refractivity contribution in [1.29, 1.82) is 0 Å². The Hall–Kier alpha value is -2.37. The van der Waals surface area contributed by atoms with Crippen LogP contribution in [-0.4, -0.2) is 32.4 Å². The molecule has 1 aliphatic carbocycles. The molecule has 0 aliphatic heterocycles. The van der Waals surface area contributed by atoms with Crippen LogP contribution >= 0.6 is 0 Å². The van der Waals surface area contributed by atoms with Crippen LogP contribution in [0.3, 0.4) is 0 Å². The summed E-state index contributed by atoms with van der Waals surface area (Å²) in [7, 11) is 0. The standard InChI is InChI=1S/C16H19N3O3/c20-15(18-12-6-4-11(5-7-12)16(21)22)9-13-10-19-8-2-1-3-14(19)17-13/h1-3,8,10-12H,4-7,9H2,(H,18,20)(H,21,22). The zero-order valence-corrected chi connectivity index (χ0v) is 12.2. The number of aliphatic carboxylic acids is 1. The smallest absolute Gasteiger partial charge is 0.306 e. The van der Waals surface area contributed by atoms with Gasteiger partial charge in [0.25, 0.3) is 0 Å². The number of hydrogen-bond acceptors (Lipinski definition) is 3. The minimum atomic E-state index is -0.727. The van der Waals surface area contributed by atoms with Gasteiger partial charge in [-0.1, -0.05) is 6.07 Å². The second-order valence-electron chi connectivity index (χ2n) is 5.83. The highest BCUT2D eigenvalue weighted by atomic mass is 16.4. The summed E-state index contributed by atoms with van der Waals surface area (Å²) in [5.74, 6) is -1.04. The highest BCUT2D eigenvalue weighted by Gasteiger charge is 2.26. The summed E-state index contributed by atoms with van der Waals surface area (Å²) < 4.78 is 1.89. The average molecular weight is 301 g/mol. The molecule has 2 aromatic heterocycles. The highest BCUT2D eigenvalue weighted by Crippen LogP contribution is 2.24. The number of fused-ring (bicyclic) bond motifs is 1. The van der Waals surface area contributed by atoms with E-state index in [1.54, 1.807) is 0 Å². The Bertz CT molecular complexity index is 654. The number of amides is 1. The lowest BCUT2D eigenvalue weighted by atomic mass is 9.86. The predicted octanol–water partition coefficient (Wildman–Crippen LogP) is 1.64. The van der Waals surface area contributed by atoms with E-state index in [4.69, 9.17) is 5.11 Å². The van der Waals surface area contributed by atoms with Crippen molar-refractivity contribution in [1.82, 2.24) is 14.7 Å². The monoisotopic (exact) mass is 301 g/mol.